The average Bonchev–Trinajstić information content (AvgIpc) is 3.20. The Balaban J connectivity index is 1.85. The molecule has 0 aliphatic heterocycles. The van der Waals surface area contributed by atoms with Crippen LogP contribution in [0.15, 0.2) is 73.2 Å². The molecule has 0 bridgehead atoms. The van der Waals surface area contributed by atoms with E-state index in [2.05, 4.69) is 9.97 Å². The number of benzene rings is 2. The molecule has 0 saturated carbocycles. The van der Waals surface area contributed by atoms with Crippen LogP contribution in [0.4, 0.5) is 13.2 Å². The van der Waals surface area contributed by atoms with Gasteiger partial charge < -0.3 is 9.47 Å². The molecule has 2 heterocycles. The average molecular weight is 499 g/mol. The first kappa shape index (κ1) is 24.5. The number of rotatable bonds is 6. The smallest absolute Gasteiger partial charge is 0.338 e. The molecule has 5 nitrogen and oxygen atoms in total. The van der Waals surface area contributed by atoms with Crippen LogP contribution in [-0.4, -0.2) is 32.4 Å². The number of alkyl halides is 3. The molecule has 0 radical (unpaired) electrons. The van der Waals surface area contributed by atoms with Crippen LogP contribution >= 0.6 is 11.6 Å². The molecule has 9 heteroatoms. The zero-order valence-corrected chi connectivity index (χ0v) is 19.8. The summed E-state index contributed by atoms with van der Waals surface area (Å²) in [6.45, 7) is 1.97. The fourth-order valence-corrected chi connectivity index (χ4v) is 3.94. The van der Waals surface area contributed by atoms with Gasteiger partial charge in [0.1, 0.15) is 5.69 Å². The Bertz CT molecular complexity index is 1320. The molecule has 4 aromatic rings. The molecule has 35 heavy (non-hydrogen) atoms. The molecule has 1 amide bonds. The highest BCUT2D eigenvalue weighted by Crippen LogP contribution is 2.41. The van der Waals surface area contributed by atoms with E-state index in [1.165, 1.54) is 40.8 Å². The molecule has 180 valence electrons. The Hall–Kier alpha value is -3.65. The van der Waals surface area contributed by atoms with Gasteiger partial charge in [-0.25, -0.2) is 0 Å². The number of nitrogens with zero attached hydrogens (tertiary/aromatic N) is 4. The summed E-state index contributed by atoms with van der Waals surface area (Å²) in [7, 11) is 1.53. The second kappa shape index (κ2) is 9.92. The molecule has 0 aliphatic carbocycles. The fraction of sp³-hybridized carbons (Fsp3) is 0.192. The van der Waals surface area contributed by atoms with Gasteiger partial charge in [-0.2, -0.15) is 13.2 Å². The van der Waals surface area contributed by atoms with Crippen molar-refractivity contribution in [1.29, 1.82) is 0 Å². The van der Waals surface area contributed by atoms with Crippen LogP contribution in [-0.2, 0) is 19.3 Å². The van der Waals surface area contributed by atoms with Crippen molar-refractivity contribution in [2.75, 3.05) is 7.05 Å². The van der Waals surface area contributed by atoms with Crippen molar-refractivity contribution in [3.63, 3.8) is 0 Å². The molecule has 0 N–H and O–H groups in total. The summed E-state index contributed by atoms with van der Waals surface area (Å²) in [5.41, 5.74) is 1.13. The monoisotopic (exact) mass is 498 g/mol. The van der Waals surface area contributed by atoms with Crippen molar-refractivity contribution < 1.29 is 18.0 Å². The first-order chi connectivity index (χ1) is 16.6. The quantitative estimate of drug-likeness (QED) is 0.316. The van der Waals surface area contributed by atoms with E-state index in [0.29, 0.717) is 10.7 Å². The van der Waals surface area contributed by atoms with Crippen LogP contribution < -0.4 is 0 Å². The highest BCUT2D eigenvalue weighted by atomic mass is 35.5. The molecule has 0 saturated heterocycles. The summed E-state index contributed by atoms with van der Waals surface area (Å²) in [6, 6.07) is 15.0. The third-order valence-electron chi connectivity index (χ3n) is 5.50. The number of hydrogen-bond acceptors (Lipinski definition) is 3. The number of carbonyl (C=O) groups is 1. The number of carbonyl (C=O) groups excluding carboxylic acids is 1. The van der Waals surface area contributed by atoms with Crippen molar-refractivity contribution in [3.05, 3.63) is 106 Å². The maximum absolute atomic E-state index is 14.2. The molecule has 4 rings (SSSR count). The third-order valence-corrected chi connectivity index (χ3v) is 5.75. The third kappa shape index (κ3) is 5.54. The molecule has 0 fully saturated rings. The Labute approximate surface area is 205 Å². The van der Waals surface area contributed by atoms with E-state index in [4.69, 9.17) is 11.6 Å². The lowest BCUT2D eigenvalue weighted by Gasteiger charge is -2.20. The zero-order chi connectivity index (χ0) is 25.2. The highest BCUT2D eigenvalue weighted by Gasteiger charge is 2.39. The lowest BCUT2D eigenvalue weighted by molar-refractivity contribution is -0.137. The molecule has 2 aromatic carbocycles. The number of amides is 1. The minimum atomic E-state index is -4.67. The SMILES string of the molecule is Cc1cnc(CN(C)C(=O)c2c(-c3ccc(Cl)cc3)c(C(F)(F)F)cn2Cc2ccccc2)cn1. The minimum Gasteiger partial charge on any atom is -0.338 e. The van der Waals surface area contributed by atoms with E-state index >= 15 is 0 Å². The Morgan fingerprint density at radius 1 is 1.03 bits per heavy atom. The van der Waals surface area contributed by atoms with Crippen LogP contribution in [0.1, 0.15) is 33.0 Å². The maximum Gasteiger partial charge on any atom is 0.418 e. The van der Waals surface area contributed by atoms with Gasteiger partial charge in [-0.1, -0.05) is 54.1 Å². The Morgan fingerprint density at radius 3 is 2.31 bits per heavy atom. The van der Waals surface area contributed by atoms with Crippen LogP contribution in [0.2, 0.25) is 5.02 Å². The number of aromatic nitrogens is 3. The normalized spacial score (nSPS) is 11.5. The molecule has 2 aromatic heterocycles. The number of hydrogen-bond donors (Lipinski definition) is 0. The van der Waals surface area contributed by atoms with E-state index in [9.17, 15) is 18.0 Å². The van der Waals surface area contributed by atoms with E-state index < -0.39 is 17.6 Å². The van der Waals surface area contributed by atoms with E-state index in [0.717, 1.165) is 17.5 Å². The summed E-state index contributed by atoms with van der Waals surface area (Å²) in [5.74, 6) is -0.566. The van der Waals surface area contributed by atoms with Gasteiger partial charge in [0.15, 0.2) is 0 Å². The molecule has 0 spiro atoms. The summed E-state index contributed by atoms with van der Waals surface area (Å²) in [4.78, 5) is 23.5. The Kier molecular flexibility index (Phi) is 6.93. The maximum atomic E-state index is 14.2. The van der Waals surface area contributed by atoms with Crippen LogP contribution in [0.5, 0.6) is 0 Å². The summed E-state index contributed by atoms with van der Waals surface area (Å²) in [6.07, 6.45) is -0.549. The fourth-order valence-electron chi connectivity index (χ4n) is 3.81. The second-order valence-corrected chi connectivity index (χ2v) is 8.63. The van der Waals surface area contributed by atoms with Crippen molar-refractivity contribution in [2.45, 2.75) is 26.2 Å². The first-order valence-electron chi connectivity index (χ1n) is 10.8. The highest BCUT2D eigenvalue weighted by molar-refractivity contribution is 6.30. The van der Waals surface area contributed by atoms with Gasteiger partial charge in [0.25, 0.3) is 5.91 Å². The summed E-state index contributed by atoms with van der Waals surface area (Å²) < 4.78 is 44.0. The van der Waals surface area contributed by atoms with Gasteiger partial charge in [-0.05, 0) is 30.2 Å². The minimum absolute atomic E-state index is 0.0638. The first-order valence-corrected chi connectivity index (χ1v) is 11.1. The predicted molar refractivity (Wildman–Crippen MR) is 128 cm³/mol. The standard InChI is InChI=1S/C26H22ClF3N4O/c1-17-12-32-21(13-31-17)15-33(2)25(35)24-23(19-8-10-20(27)11-9-19)22(26(28,29)30)16-34(24)14-18-6-4-3-5-7-18/h3-13,16H,14-15H2,1-2H3. The molecular formula is C26H22ClF3N4O. The van der Waals surface area contributed by atoms with Crippen molar-refractivity contribution >= 4 is 17.5 Å². The number of aryl methyl sites for hydroxylation is 1. The van der Waals surface area contributed by atoms with Gasteiger partial charge in [-0.3, -0.25) is 14.8 Å². The van der Waals surface area contributed by atoms with Crippen LogP contribution in [0, 0.1) is 6.92 Å². The number of halogens is 4. The van der Waals surface area contributed by atoms with Gasteiger partial charge in [0, 0.05) is 36.6 Å². The van der Waals surface area contributed by atoms with Gasteiger partial charge >= 0.3 is 6.18 Å². The van der Waals surface area contributed by atoms with Crippen LogP contribution in [0.3, 0.4) is 0 Å². The topological polar surface area (TPSA) is 51.0 Å². The second-order valence-electron chi connectivity index (χ2n) is 8.19. The van der Waals surface area contributed by atoms with Gasteiger partial charge in [0.2, 0.25) is 0 Å². The lowest BCUT2D eigenvalue weighted by Crippen LogP contribution is -2.29. The van der Waals surface area contributed by atoms with E-state index in [-0.39, 0.29) is 29.9 Å². The molecule has 0 aliphatic rings. The predicted octanol–water partition coefficient (Wildman–Crippen LogP) is 6.25. The largest absolute Gasteiger partial charge is 0.418 e. The van der Waals surface area contributed by atoms with E-state index in [1.54, 1.807) is 43.6 Å². The molecular weight excluding hydrogens is 477 g/mol. The van der Waals surface area contributed by atoms with E-state index in [1.807, 2.05) is 6.07 Å². The van der Waals surface area contributed by atoms with Crippen molar-refractivity contribution in [3.8, 4) is 11.1 Å². The zero-order valence-electron chi connectivity index (χ0n) is 19.1. The summed E-state index contributed by atoms with van der Waals surface area (Å²) in [5, 5.41) is 0.383. The summed E-state index contributed by atoms with van der Waals surface area (Å²) >= 11 is 5.98. The van der Waals surface area contributed by atoms with Gasteiger partial charge in [-0.15, -0.1) is 0 Å². The Morgan fingerprint density at radius 2 is 1.71 bits per heavy atom. The van der Waals surface area contributed by atoms with Gasteiger partial charge in [0.05, 0.1) is 29.7 Å². The lowest BCUT2D eigenvalue weighted by atomic mass is 10.0. The molecule has 0 atom stereocenters. The van der Waals surface area contributed by atoms with Crippen molar-refractivity contribution in [1.82, 2.24) is 19.4 Å². The van der Waals surface area contributed by atoms with Crippen molar-refractivity contribution in [2.24, 2.45) is 0 Å². The van der Waals surface area contributed by atoms with Crippen LogP contribution in [0.25, 0.3) is 11.1 Å². The molecule has 0 unspecified atom stereocenters.